The van der Waals surface area contributed by atoms with Gasteiger partial charge in [0.2, 0.25) is 0 Å². The fourth-order valence-electron chi connectivity index (χ4n) is 2.45. The van der Waals surface area contributed by atoms with Crippen LogP contribution in [0.4, 0.5) is 0 Å². The third kappa shape index (κ3) is 3.96. The van der Waals surface area contributed by atoms with Gasteiger partial charge in [0.05, 0.1) is 10.9 Å². The van der Waals surface area contributed by atoms with E-state index < -0.39 is 5.97 Å². The van der Waals surface area contributed by atoms with Gasteiger partial charge in [-0.25, -0.2) is 9.97 Å². The molecule has 0 atom stereocenters. The number of fused-ring (bicyclic) bond motifs is 2. The number of esters is 1. The first kappa shape index (κ1) is 17.6. The quantitative estimate of drug-likeness (QED) is 0.403. The Kier molecular flexibility index (Phi) is 4.83. The molecule has 0 saturated heterocycles. The van der Waals surface area contributed by atoms with Crippen LogP contribution in [0.1, 0.15) is 5.82 Å². The number of aromatic nitrogens is 3. The van der Waals surface area contributed by atoms with Crippen molar-refractivity contribution in [2.24, 2.45) is 0 Å². The highest BCUT2D eigenvalue weighted by atomic mass is 35.5. The number of hydrogen-bond acceptors (Lipinski definition) is 7. The molecule has 1 N–H and O–H groups in total. The minimum absolute atomic E-state index is 0.0243. The summed E-state index contributed by atoms with van der Waals surface area (Å²) in [6.07, 6.45) is 0. The van der Waals surface area contributed by atoms with Crippen molar-refractivity contribution in [2.45, 2.75) is 11.8 Å². The first-order valence-corrected chi connectivity index (χ1v) is 9.27. The van der Waals surface area contributed by atoms with Crippen molar-refractivity contribution in [3.8, 4) is 0 Å². The van der Waals surface area contributed by atoms with Crippen molar-refractivity contribution in [1.82, 2.24) is 15.0 Å². The molecule has 0 fully saturated rings. The minimum atomic E-state index is -0.476. The Balaban J connectivity index is 1.38. The summed E-state index contributed by atoms with van der Waals surface area (Å²) in [6.45, 7) is -0.148. The second-order valence-corrected chi connectivity index (χ2v) is 6.93. The molecule has 9 heteroatoms. The molecule has 2 aromatic carbocycles. The van der Waals surface area contributed by atoms with Gasteiger partial charge in [0, 0.05) is 5.02 Å². The molecule has 136 valence electrons. The number of oxazole rings is 1. The molecule has 7 nitrogen and oxygen atoms in total. The first-order chi connectivity index (χ1) is 13.1. The zero-order valence-corrected chi connectivity index (χ0v) is 15.3. The molecule has 27 heavy (non-hydrogen) atoms. The summed E-state index contributed by atoms with van der Waals surface area (Å²) in [4.78, 5) is 35.1. The van der Waals surface area contributed by atoms with Crippen molar-refractivity contribution in [2.75, 3.05) is 5.75 Å². The number of carbonyl (C=O) groups excluding carboxylic acids is 1. The summed E-state index contributed by atoms with van der Waals surface area (Å²) in [7, 11) is 0. The summed E-state index contributed by atoms with van der Waals surface area (Å²) >= 11 is 7.06. The Labute approximate surface area is 161 Å². The summed E-state index contributed by atoms with van der Waals surface area (Å²) < 4.78 is 10.7. The topological polar surface area (TPSA) is 98.1 Å². The van der Waals surface area contributed by atoms with Crippen LogP contribution in [0.5, 0.6) is 0 Å². The fourth-order valence-corrected chi connectivity index (χ4v) is 3.26. The molecule has 0 amide bonds. The van der Waals surface area contributed by atoms with Gasteiger partial charge >= 0.3 is 5.97 Å². The van der Waals surface area contributed by atoms with Gasteiger partial charge in [-0.1, -0.05) is 35.5 Å². The van der Waals surface area contributed by atoms with E-state index in [-0.39, 0.29) is 23.7 Å². The fraction of sp³-hybridized carbons (Fsp3) is 0.111. The van der Waals surface area contributed by atoms with Crippen LogP contribution in [0.2, 0.25) is 5.02 Å². The van der Waals surface area contributed by atoms with E-state index in [1.807, 2.05) is 18.2 Å². The van der Waals surface area contributed by atoms with E-state index >= 15 is 0 Å². The average Bonchev–Trinajstić information content (AvgIpc) is 3.07. The largest absolute Gasteiger partial charge is 0.457 e. The number of halogens is 1. The van der Waals surface area contributed by atoms with Gasteiger partial charge in [-0.3, -0.25) is 9.59 Å². The van der Waals surface area contributed by atoms with Gasteiger partial charge < -0.3 is 14.1 Å². The minimum Gasteiger partial charge on any atom is -0.457 e. The van der Waals surface area contributed by atoms with Crippen molar-refractivity contribution in [3.05, 3.63) is 63.7 Å². The number of benzene rings is 2. The molecule has 0 radical (unpaired) electrons. The Morgan fingerprint density at radius 3 is 2.89 bits per heavy atom. The lowest BCUT2D eigenvalue weighted by molar-refractivity contribution is -0.141. The summed E-state index contributed by atoms with van der Waals surface area (Å²) in [5, 5.41) is 1.28. The number of ether oxygens (including phenoxy) is 1. The van der Waals surface area contributed by atoms with Gasteiger partial charge in [0.15, 0.2) is 5.58 Å². The van der Waals surface area contributed by atoms with Gasteiger partial charge in [0.25, 0.3) is 10.8 Å². The monoisotopic (exact) mass is 401 g/mol. The Hall–Kier alpha value is -2.84. The number of aromatic amines is 1. The van der Waals surface area contributed by atoms with Crippen molar-refractivity contribution >= 4 is 51.3 Å². The molecule has 0 aliphatic heterocycles. The number of carbonyl (C=O) groups is 1. The van der Waals surface area contributed by atoms with Crippen LogP contribution in [-0.2, 0) is 16.1 Å². The van der Waals surface area contributed by atoms with Gasteiger partial charge in [0.1, 0.15) is 23.7 Å². The van der Waals surface area contributed by atoms with Crippen molar-refractivity contribution < 1.29 is 13.9 Å². The van der Waals surface area contributed by atoms with E-state index in [0.29, 0.717) is 26.7 Å². The van der Waals surface area contributed by atoms with Crippen LogP contribution in [0, 0.1) is 0 Å². The lowest BCUT2D eigenvalue weighted by Gasteiger charge is -2.05. The Morgan fingerprint density at radius 2 is 2.04 bits per heavy atom. The zero-order valence-electron chi connectivity index (χ0n) is 13.8. The van der Waals surface area contributed by atoms with E-state index in [4.69, 9.17) is 20.8 Å². The van der Waals surface area contributed by atoms with Crippen molar-refractivity contribution in [1.29, 1.82) is 0 Å². The van der Waals surface area contributed by atoms with Crippen molar-refractivity contribution in [3.63, 3.8) is 0 Å². The number of H-pyrrole nitrogens is 1. The Morgan fingerprint density at radius 1 is 1.19 bits per heavy atom. The van der Waals surface area contributed by atoms with Crippen LogP contribution in [0.25, 0.3) is 22.0 Å². The second-order valence-electron chi connectivity index (χ2n) is 5.57. The van der Waals surface area contributed by atoms with Gasteiger partial charge in [-0.05, 0) is 30.3 Å². The van der Waals surface area contributed by atoms with Crippen LogP contribution in [0.15, 0.2) is 56.9 Å². The van der Waals surface area contributed by atoms with Crippen LogP contribution >= 0.6 is 23.4 Å². The molecular weight excluding hydrogens is 390 g/mol. The molecule has 0 unspecified atom stereocenters. The van der Waals surface area contributed by atoms with Crippen LogP contribution in [0.3, 0.4) is 0 Å². The molecule has 2 aromatic heterocycles. The maximum absolute atomic E-state index is 12.0. The van der Waals surface area contributed by atoms with E-state index in [0.717, 1.165) is 17.3 Å². The molecule has 0 saturated carbocycles. The maximum atomic E-state index is 12.0. The van der Waals surface area contributed by atoms with E-state index in [9.17, 15) is 9.59 Å². The first-order valence-electron chi connectivity index (χ1n) is 7.91. The predicted molar refractivity (Wildman–Crippen MR) is 102 cm³/mol. The second kappa shape index (κ2) is 7.42. The van der Waals surface area contributed by atoms with Crippen LogP contribution in [-0.4, -0.2) is 26.7 Å². The third-order valence-electron chi connectivity index (χ3n) is 3.68. The Bertz CT molecular complexity index is 1170. The SMILES string of the molecule is O=C(CSc1nc2ccccc2o1)OCc1nc2cc(Cl)ccc2c(=O)[nH]1. The molecule has 4 aromatic rings. The third-order valence-corrected chi connectivity index (χ3v) is 4.71. The number of thioether (sulfide) groups is 1. The molecule has 0 aliphatic carbocycles. The van der Waals surface area contributed by atoms with Gasteiger partial charge in [-0.2, -0.15) is 0 Å². The molecule has 2 heterocycles. The highest BCUT2D eigenvalue weighted by molar-refractivity contribution is 7.99. The van der Waals surface area contributed by atoms with E-state index in [2.05, 4.69) is 15.0 Å². The number of nitrogens with one attached hydrogen (secondary N) is 1. The summed E-state index contributed by atoms with van der Waals surface area (Å²) in [5.41, 5.74) is 1.51. The molecule has 0 bridgehead atoms. The van der Waals surface area contributed by atoms with E-state index in [1.54, 1.807) is 24.3 Å². The molecule has 0 spiro atoms. The molecular formula is C18H12ClN3O4S. The van der Waals surface area contributed by atoms with Crippen LogP contribution < -0.4 is 5.56 Å². The highest BCUT2D eigenvalue weighted by Crippen LogP contribution is 2.23. The number of rotatable bonds is 5. The average molecular weight is 402 g/mol. The standard InChI is InChI=1S/C18H12ClN3O4S/c19-10-5-6-11-13(7-10)20-15(22-17(11)24)8-25-16(23)9-27-18-21-12-3-1-2-4-14(12)26-18/h1-7H,8-9H2,(H,20,22,24). The smallest absolute Gasteiger partial charge is 0.316 e. The highest BCUT2D eigenvalue weighted by Gasteiger charge is 2.11. The number of para-hydroxylation sites is 2. The summed E-state index contributed by atoms with van der Waals surface area (Å²) in [5.74, 6) is -0.206. The predicted octanol–water partition coefficient (Wildman–Crippen LogP) is 3.55. The lowest BCUT2D eigenvalue weighted by atomic mass is 10.2. The zero-order chi connectivity index (χ0) is 18.8. The molecule has 0 aliphatic rings. The van der Waals surface area contributed by atoms with Gasteiger partial charge in [-0.15, -0.1) is 0 Å². The lowest BCUT2D eigenvalue weighted by Crippen LogP contribution is -2.15. The number of hydrogen-bond donors (Lipinski definition) is 1. The normalized spacial score (nSPS) is 11.1. The maximum Gasteiger partial charge on any atom is 0.316 e. The van der Waals surface area contributed by atoms with E-state index in [1.165, 1.54) is 0 Å². The molecule has 4 rings (SSSR count). The number of nitrogens with zero attached hydrogens (tertiary/aromatic N) is 2. The summed E-state index contributed by atoms with van der Waals surface area (Å²) in [6, 6.07) is 12.1.